The van der Waals surface area contributed by atoms with Gasteiger partial charge in [-0.05, 0) is 47.6 Å². The summed E-state index contributed by atoms with van der Waals surface area (Å²) in [4.78, 5) is 0. The molecule has 0 spiro atoms. The predicted octanol–water partition coefficient (Wildman–Crippen LogP) is 6.02. The molecular formula is C17H16Cl2. The van der Waals surface area contributed by atoms with Crippen LogP contribution in [-0.4, -0.2) is 0 Å². The van der Waals surface area contributed by atoms with Gasteiger partial charge in [-0.25, -0.2) is 0 Å². The molecule has 1 unspecified atom stereocenters. The highest BCUT2D eigenvalue weighted by Crippen LogP contribution is 2.42. The Balaban J connectivity index is 2.07. The molecule has 0 bridgehead atoms. The van der Waals surface area contributed by atoms with Crippen molar-refractivity contribution in [2.24, 2.45) is 0 Å². The number of fused-ring (bicyclic) bond motifs is 1. The smallest absolute Gasteiger partial charge is 0.0595 e. The zero-order valence-electron chi connectivity index (χ0n) is 10.9. The quantitative estimate of drug-likeness (QED) is 0.602. The molecule has 2 heteroatoms. The molecule has 0 fully saturated rings. The summed E-state index contributed by atoms with van der Waals surface area (Å²) in [5, 5.41) is 1.28. The van der Waals surface area contributed by atoms with Crippen LogP contribution in [0.25, 0.3) is 0 Å². The monoisotopic (exact) mass is 290 g/mol. The van der Waals surface area contributed by atoms with E-state index in [4.69, 9.17) is 23.2 Å². The van der Waals surface area contributed by atoms with E-state index in [1.54, 1.807) is 0 Å². The second kappa shape index (κ2) is 5.19. The van der Waals surface area contributed by atoms with Crippen LogP contribution >= 0.6 is 23.2 Å². The third-order valence-electron chi connectivity index (χ3n) is 4.14. The van der Waals surface area contributed by atoms with Crippen molar-refractivity contribution < 1.29 is 0 Å². The molecular weight excluding hydrogens is 275 g/mol. The van der Waals surface area contributed by atoms with E-state index in [9.17, 15) is 0 Å². The Labute approximate surface area is 124 Å². The standard InChI is InChI=1S/C17H16Cl2/c1-11-6-8-14(15-5-3-2-4-13(11)15)12-7-9-16(18)17(19)10-12/h2-5,7,9-11,14H,6,8H2,1H3/t11-,14?/m0/s1. The lowest BCUT2D eigenvalue weighted by molar-refractivity contribution is 0.545. The van der Waals surface area contributed by atoms with E-state index in [1.165, 1.54) is 29.5 Å². The molecule has 0 aromatic heterocycles. The van der Waals surface area contributed by atoms with Gasteiger partial charge in [0, 0.05) is 5.92 Å². The average Bonchev–Trinajstić information content (AvgIpc) is 2.43. The van der Waals surface area contributed by atoms with Crippen molar-refractivity contribution in [3.63, 3.8) is 0 Å². The largest absolute Gasteiger partial charge is 0.0827 e. The normalized spacial score (nSPS) is 22.1. The van der Waals surface area contributed by atoms with Crippen molar-refractivity contribution in [3.05, 3.63) is 69.2 Å². The minimum absolute atomic E-state index is 0.446. The topological polar surface area (TPSA) is 0 Å². The second-order valence-electron chi connectivity index (χ2n) is 5.33. The van der Waals surface area contributed by atoms with E-state index in [0.29, 0.717) is 21.9 Å². The summed E-state index contributed by atoms with van der Waals surface area (Å²) in [7, 11) is 0. The van der Waals surface area contributed by atoms with Crippen LogP contribution in [0.4, 0.5) is 0 Å². The van der Waals surface area contributed by atoms with Crippen LogP contribution in [0.15, 0.2) is 42.5 Å². The average molecular weight is 291 g/mol. The molecule has 2 aromatic rings. The van der Waals surface area contributed by atoms with Crippen molar-refractivity contribution in [1.29, 1.82) is 0 Å². The van der Waals surface area contributed by atoms with Crippen LogP contribution in [0.3, 0.4) is 0 Å². The molecule has 3 rings (SSSR count). The zero-order valence-corrected chi connectivity index (χ0v) is 12.4. The van der Waals surface area contributed by atoms with Gasteiger partial charge in [0.25, 0.3) is 0 Å². The van der Waals surface area contributed by atoms with Crippen molar-refractivity contribution in [3.8, 4) is 0 Å². The Kier molecular flexibility index (Phi) is 3.56. The lowest BCUT2D eigenvalue weighted by Gasteiger charge is -2.30. The molecule has 0 amide bonds. The molecule has 2 aromatic carbocycles. The van der Waals surface area contributed by atoms with Crippen molar-refractivity contribution in [1.82, 2.24) is 0 Å². The fraction of sp³-hybridized carbons (Fsp3) is 0.294. The number of benzene rings is 2. The van der Waals surface area contributed by atoms with E-state index in [1.807, 2.05) is 12.1 Å². The van der Waals surface area contributed by atoms with E-state index in [0.717, 1.165) is 0 Å². The van der Waals surface area contributed by atoms with Gasteiger partial charge in [-0.1, -0.05) is 60.5 Å². The number of rotatable bonds is 1. The Morgan fingerprint density at radius 2 is 1.63 bits per heavy atom. The summed E-state index contributed by atoms with van der Waals surface area (Å²) in [6.45, 7) is 2.31. The van der Waals surface area contributed by atoms with Gasteiger partial charge in [0.05, 0.1) is 10.0 Å². The summed E-state index contributed by atoms with van der Waals surface area (Å²) >= 11 is 12.2. The fourth-order valence-electron chi connectivity index (χ4n) is 3.08. The van der Waals surface area contributed by atoms with Crippen LogP contribution in [0, 0.1) is 0 Å². The Morgan fingerprint density at radius 3 is 2.37 bits per heavy atom. The molecule has 1 aliphatic carbocycles. The summed E-state index contributed by atoms with van der Waals surface area (Å²) in [6, 6.07) is 14.8. The summed E-state index contributed by atoms with van der Waals surface area (Å²) in [6.07, 6.45) is 2.40. The first-order valence-electron chi connectivity index (χ1n) is 6.70. The highest BCUT2D eigenvalue weighted by atomic mass is 35.5. The van der Waals surface area contributed by atoms with E-state index >= 15 is 0 Å². The van der Waals surface area contributed by atoms with Gasteiger partial charge in [0.1, 0.15) is 0 Å². The SMILES string of the molecule is C[C@H]1CCC(c2ccc(Cl)c(Cl)c2)c2ccccc21. The number of hydrogen-bond acceptors (Lipinski definition) is 0. The summed E-state index contributed by atoms with van der Waals surface area (Å²) < 4.78 is 0. The van der Waals surface area contributed by atoms with Crippen molar-refractivity contribution in [2.75, 3.05) is 0 Å². The highest BCUT2D eigenvalue weighted by Gasteiger charge is 2.25. The van der Waals surface area contributed by atoms with E-state index in [2.05, 4.69) is 37.3 Å². The van der Waals surface area contributed by atoms with Gasteiger partial charge < -0.3 is 0 Å². The van der Waals surface area contributed by atoms with Crippen molar-refractivity contribution in [2.45, 2.75) is 31.6 Å². The predicted molar refractivity (Wildman–Crippen MR) is 82.4 cm³/mol. The zero-order chi connectivity index (χ0) is 13.4. The van der Waals surface area contributed by atoms with Gasteiger partial charge in [-0.2, -0.15) is 0 Å². The molecule has 1 aliphatic rings. The molecule has 0 N–H and O–H groups in total. The Hall–Kier alpha value is -0.980. The second-order valence-corrected chi connectivity index (χ2v) is 6.15. The van der Waals surface area contributed by atoms with Gasteiger partial charge in [-0.15, -0.1) is 0 Å². The minimum Gasteiger partial charge on any atom is -0.0827 e. The van der Waals surface area contributed by atoms with Gasteiger partial charge >= 0.3 is 0 Å². The molecule has 0 radical (unpaired) electrons. The number of halogens is 2. The fourth-order valence-corrected chi connectivity index (χ4v) is 3.39. The first-order valence-corrected chi connectivity index (χ1v) is 7.46. The maximum atomic E-state index is 6.16. The first kappa shape index (κ1) is 13.0. The third-order valence-corrected chi connectivity index (χ3v) is 4.88. The summed E-state index contributed by atoms with van der Waals surface area (Å²) in [5.74, 6) is 1.09. The minimum atomic E-state index is 0.446. The molecule has 98 valence electrons. The van der Waals surface area contributed by atoms with Gasteiger partial charge in [-0.3, -0.25) is 0 Å². The van der Waals surface area contributed by atoms with Crippen LogP contribution in [0.5, 0.6) is 0 Å². The Morgan fingerprint density at radius 1 is 0.895 bits per heavy atom. The molecule has 0 saturated heterocycles. The van der Waals surface area contributed by atoms with Crippen LogP contribution in [-0.2, 0) is 0 Å². The van der Waals surface area contributed by atoms with Gasteiger partial charge in [0.2, 0.25) is 0 Å². The van der Waals surface area contributed by atoms with Crippen LogP contribution in [0.2, 0.25) is 10.0 Å². The first-order chi connectivity index (χ1) is 9.16. The number of hydrogen-bond donors (Lipinski definition) is 0. The lowest BCUT2D eigenvalue weighted by atomic mass is 9.75. The van der Waals surface area contributed by atoms with E-state index in [-0.39, 0.29) is 0 Å². The molecule has 0 nitrogen and oxygen atoms in total. The third kappa shape index (κ3) is 2.40. The van der Waals surface area contributed by atoms with E-state index < -0.39 is 0 Å². The van der Waals surface area contributed by atoms with Gasteiger partial charge in [0.15, 0.2) is 0 Å². The van der Waals surface area contributed by atoms with Crippen molar-refractivity contribution >= 4 is 23.2 Å². The molecule has 0 saturated carbocycles. The molecule has 19 heavy (non-hydrogen) atoms. The van der Waals surface area contributed by atoms with Crippen LogP contribution < -0.4 is 0 Å². The molecule has 0 heterocycles. The maximum Gasteiger partial charge on any atom is 0.0595 e. The molecule has 0 aliphatic heterocycles. The highest BCUT2D eigenvalue weighted by molar-refractivity contribution is 6.42. The summed E-state index contributed by atoms with van der Waals surface area (Å²) in [5.41, 5.74) is 4.19. The Bertz CT molecular complexity index is 604. The molecule has 2 atom stereocenters. The van der Waals surface area contributed by atoms with Crippen LogP contribution in [0.1, 0.15) is 48.3 Å². The maximum absolute atomic E-state index is 6.16. The lowest BCUT2D eigenvalue weighted by Crippen LogP contribution is -2.13.